The molecule has 8 rings (SSSR count). The number of ether oxygens (including phenoxy) is 4. The van der Waals surface area contributed by atoms with E-state index >= 15 is 4.79 Å². The third-order valence-corrected chi connectivity index (χ3v) is 12.6. The summed E-state index contributed by atoms with van der Waals surface area (Å²) in [6.07, 6.45) is -1.30. The van der Waals surface area contributed by atoms with Gasteiger partial charge in [-0.15, -0.1) is 0 Å². The first-order valence-corrected chi connectivity index (χ1v) is 21.6. The van der Waals surface area contributed by atoms with E-state index in [4.69, 9.17) is 18.9 Å². The topological polar surface area (TPSA) is 198 Å². The van der Waals surface area contributed by atoms with Gasteiger partial charge in [-0.3, -0.25) is 28.9 Å². The molecule has 0 bridgehead atoms. The number of hydrogen-bond donors (Lipinski definition) is 3. The van der Waals surface area contributed by atoms with Gasteiger partial charge in [0, 0.05) is 12.0 Å². The van der Waals surface area contributed by atoms with Crippen LogP contribution in [0.2, 0.25) is 0 Å². The monoisotopic (exact) mass is 905 g/mol. The molecule has 3 amide bonds. The van der Waals surface area contributed by atoms with Crippen LogP contribution in [0.1, 0.15) is 71.0 Å². The molecule has 2 saturated heterocycles. The van der Waals surface area contributed by atoms with Crippen molar-refractivity contribution in [1.82, 2.24) is 10.2 Å². The second-order valence-electron chi connectivity index (χ2n) is 16.3. The number of carbonyl (C=O) groups is 6. The van der Waals surface area contributed by atoms with Crippen LogP contribution < -0.4 is 15.0 Å². The van der Waals surface area contributed by atoms with E-state index in [0.29, 0.717) is 22.4 Å². The fourth-order valence-corrected chi connectivity index (χ4v) is 9.75. The molecule has 3 aliphatic rings. The number of carboxylic acid groups (broad SMARTS) is 1. The first kappa shape index (κ1) is 45.8. The number of anilines is 1. The molecule has 1 spiro atoms. The number of morpholine rings is 1. The van der Waals surface area contributed by atoms with E-state index < -0.39 is 83.3 Å². The average Bonchev–Trinajstić information content (AvgIpc) is 3.81. The molecule has 3 heterocycles. The number of nitrogens with one attached hydrogen (secondary N) is 1. The van der Waals surface area contributed by atoms with E-state index in [9.17, 15) is 34.2 Å². The molecule has 7 atom stereocenters. The highest BCUT2D eigenvalue weighted by Gasteiger charge is 2.76. The van der Waals surface area contributed by atoms with Crippen molar-refractivity contribution >= 4 is 41.5 Å². The van der Waals surface area contributed by atoms with Gasteiger partial charge in [-0.05, 0) is 65.1 Å². The molecule has 15 heteroatoms. The number of esters is 3. The molecular formula is C52H47N3O12. The average molecular weight is 906 g/mol. The lowest BCUT2D eigenvalue weighted by molar-refractivity contribution is -0.179. The smallest absolute Gasteiger partial charge is 0.329 e. The SMILES string of the molecule is COC(=O)C(CC#Cc1ccc2c(c1)C1(C(=O)N2C(=O)NC(C)c2ccccc2)C(C(=O)O)C2C(=O)OC(c3ccccc3)C(c3ccccc3)N2C1c1ccc(OCCO)cc1)C(=O)OC. The number of amides is 3. The normalized spacial score (nSPS) is 22.2. The Labute approximate surface area is 386 Å². The van der Waals surface area contributed by atoms with Crippen LogP contribution >= 0.6 is 0 Å². The lowest BCUT2D eigenvalue weighted by Crippen LogP contribution is -2.54. The van der Waals surface area contributed by atoms with Crippen molar-refractivity contribution in [3.63, 3.8) is 0 Å². The number of urea groups is 1. The number of rotatable bonds is 12. The van der Waals surface area contributed by atoms with Crippen LogP contribution in [0.25, 0.3) is 0 Å². The summed E-state index contributed by atoms with van der Waals surface area (Å²) in [5, 5.41) is 24.1. The minimum absolute atomic E-state index is 0.0101. The predicted molar refractivity (Wildman–Crippen MR) is 241 cm³/mol. The second kappa shape index (κ2) is 19.4. The van der Waals surface area contributed by atoms with Crippen LogP contribution in [-0.4, -0.2) is 84.4 Å². The van der Waals surface area contributed by atoms with Crippen molar-refractivity contribution in [2.24, 2.45) is 11.8 Å². The number of imide groups is 1. The summed E-state index contributed by atoms with van der Waals surface area (Å²) in [6, 6.07) is 33.2. The number of benzene rings is 5. The zero-order valence-corrected chi connectivity index (χ0v) is 36.7. The quantitative estimate of drug-likeness (QED) is 0.0573. The van der Waals surface area contributed by atoms with Gasteiger partial charge in [-0.2, -0.15) is 0 Å². The minimum Gasteiger partial charge on any atom is -0.491 e. The van der Waals surface area contributed by atoms with Gasteiger partial charge in [0.2, 0.25) is 5.91 Å². The Kier molecular flexibility index (Phi) is 13.2. The highest BCUT2D eigenvalue weighted by molar-refractivity contribution is 6.24. The van der Waals surface area contributed by atoms with Gasteiger partial charge in [-0.25, -0.2) is 9.69 Å². The molecule has 5 aromatic carbocycles. The van der Waals surface area contributed by atoms with Crippen LogP contribution in [-0.2, 0) is 43.6 Å². The number of methoxy groups -OCH3 is 2. The standard InChI is InChI=1S/C52H47N3O12/c1-31(33-15-7-4-8-16-33)53-51(63)54-40-27-22-32(14-13-21-38(47(59)64-2)48(60)65-3)30-39(40)52(50(54)62)41(46(57)58)43-49(61)67-44(35-19-11-6-12-20-35)42(34-17-9-5-10-18-34)55(43)45(52)36-23-25-37(26-24-36)66-29-28-56/h4-12,15-20,22-27,30-31,38,41-45,56H,21,28-29H2,1-3H3,(H,53,63)(H,57,58). The Morgan fingerprint density at radius 3 is 2.00 bits per heavy atom. The van der Waals surface area contributed by atoms with Crippen molar-refractivity contribution in [3.05, 3.63) is 167 Å². The highest BCUT2D eigenvalue weighted by atomic mass is 16.6. The summed E-state index contributed by atoms with van der Waals surface area (Å²) in [5.74, 6) is -2.10. The van der Waals surface area contributed by atoms with Crippen LogP contribution in [0.4, 0.5) is 10.5 Å². The van der Waals surface area contributed by atoms with Gasteiger partial charge in [0.25, 0.3) is 0 Å². The van der Waals surface area contributed by atoms with Crippen molar-refractivity contribution in [1.29, 1.82) is 0 Å². The lowest BCUT2D eigenvalue weighted by Gasteiger charge is -2.46. The fraction of sp³-hybridized carbons (Fsp3) is 0.269. The van der Waals surface area contributed by atoms with Gasteiger partial charge in [-0.1, -0.05) is 115 Å². The first-order chi connectivity index (χ1) is 32.5. The van der Waals surface area contributed by atoms with Crippen molar-refractivity contribution in [2.45, 2.75) is 49.0 Å². The third-order valence-electron chi connectivity index (χ3n) is 12.6. The number of carbonyl (C=O) groups excluding carboxylic acids is 5. The third kappa shape index (κ3) is 8.26. The molecule has 0 aliphatic carbocycles. The summed E-state index contributed by atoms with van der Waals surface area (Å²) in [6.45, 7) is 1.49. The number of aliphatic hydroxyl groups excluding tert-OH is 1. The van der Waals surface area contributed by atoms with Crippen LogP contribution in [0.5, 0.6) is 5.75 Å². The Hall–Kier alpha value is -7.80. The van der Waals surface area contributed by atoms with E-state index in [1.165, 1.54) is 18.2 Å². The number of aliphatic hydroxyl groups is 1. The molecule has 3 aliphatic heterocycles. The molecule has 3 N–H and O–H groups in total. The number of fused-ring (bicyclic) bond motifs is 3. The van der Waals surface area contributed by atoms with Gasteiger partial charge in [0.1, 0.15) is 35.8 Å². The summed E-state index contributed by atoms with van der Waals surface area (Å²) >= 11 is 0. The molecule has 7 unspecified atom stereocenters. The molecular weight excluding hydrogens is 859 g/mol. The number of carboxylic acids is 1. The van der Waals surface area contributed by atoms with Crippen LogP contribution in [0.3, 0.4) is 0 Å². The highest BCUT2D eigenvalue weighted by Crippen LogP contribution is 2.66. The summed E-state index contributed by atoms with van der Waals surface area (Å²) in [7, 11) is 2.26. The molecule has 5 aromatic rings. The number of cyclic esters (lactones) is 1. The maximum absolute atomic E-state index is 16.2. The molecule has 0 saturated carbocycles. The minimum atomic E-state index is -2.25. The summed E-state index contributed by atoms with van der Waals surface area (Å²) in [4.78, 5) is 88.0. The van der Waals surface area contributed by atoms with Crippen molar-refractivity contribution in [3.8, 4) is 17.6 Å². The largest absolute Gasteiger partial charge is 0.491 e. The maximum atomic E-state index is 16.2. The Morgan fingerprint density at radius 2 is 1.40 bits per heavy atom. The molecule has 342 valence electrons. The van der Waals surface area contributed by atoms with Crippen molar-refractivity contribution in [2.75, 3.05) is 32.3 Å². The predicted octanol–water partition coefficient (Wildman–Crippen LogP) is 5.98. The molecule has 67 heavy (non-hydrogen) atoms. The van der Waals surface area contributed by atoms with E-state index in [1.54, 1.807) is 48.2 Å². The lowest BCUT2D eigenvalue weighted by atomic mass is 9.65. The van der Waals surface area contributed by atoms with Gasteiger partial charge >= 0.3 is 29.9 Å². The van der Waals surface area contributed by atoms with Gasteiger partial charge < -0.3 is 34.5 Å². The molecule has 0 aromatic heterocycles. The number of nitrogens with zero attached hydrogens (tertiary/aromatic N) is 2. The van der Waals surface area contributed by atoms with Crippen LogP contribution in [0, 0.1) is 23.7 Å². The zero-order chi connectivity index (χ0) is 47.4. The Morgan fingerprint density at radius 1 is 0.791 bits per heavy atom. The maximum Gasteiger partial charge on any atom is 0.329 e. The van der Waals surface area contributed by atoms with Crippen molar-refractivity contribution < 1.29 is 57.9 Å². The number of hydrogen-bond acceptors (Lipinski definition) is 12. The van der Waals surface area contributed by atoms with E-state index in [2.05, 4.69) is 17.2 Å². The van der Waals surface area contributed by atoms with E-state index in [-0.39, 0.29) is 36.4 Å². The van der Waals surface area contributed by atoms with Crippen LogP contribution in [0.15, 0.2) is 133 Å². The van der Waals surface area contributed by atoms with Gasteiger partial charge in [0.05, 0.1) is 44.6 Å². The number of aliphatic carboxylic acids is 1. The summed E-state index contributed by atoms with van der Waals surface area (Å²) in [5.41, 5.74) is 0.556. The second-order valence-corrected chi connectivity index (χ2v) is 16.3. The molecule has 0 radical (unpaired) electrons. The fourth-order valence-electron chi connectivity index (χ4n) is 9.75. The summed E-state index contributed by atoms with van der Waals surface area (Å²) < 4.78 is 21.7. The first-order valence-electron chi connectivity index (χ1n) is 21.6. The van der Waals surface area contributed by atoms with E-state index in [1.807, 2.05) is 78.9 Å². The van der Waals surface area contributed by atoms with E-state index in [0.717, 1.165) is 24.7 Å². The Balaban J connectivity index is 1.39. The zero-order valence-electron chi connectivity index (χ0n) is 36.7. The molecule has 2 fully saturated rings. The Bertz CT molecular complexity index is 2720. The van der Waals surface area contributed by atoms with Gasteiger partial charge in [0.15, 0.2) is 5.92 Å². The molecule has 15 nitrogen and oxygen atoms in total.